The molecule has 0 saturated heterocycles. The van der Waals surface area contributed by atoms with E-state index < -0.39 is 11.9 Å². The van der Waals surface area contributed by atoms with Crippen molar-refractivity contribution in [2.75, 3.05) is 60.0 Å². The van der Waals surface area contributed by atoms with E-state index in [4.69, 9.17) is 23.7 Å². The maximum atomic E-state index is 11.4. The van der Waals surface area contributed by atoms with Crippen LogP contribution in [0, 0.1) is 0 Å². The number of hydrogen-bond acceptors (Lipinski definition) is 8. The van der Waals surface area contributed by atoms with Crippen LogP contribution < -0.4 is 4.74 Å². The lowest BCUT2D eigenvalue weighted by Crippen LogP contribution is -2.18. The van der Waals surface area contributed by atoms with Crippen LogP contribution in [-0.4, -0.2) is 71.9 Å². The highest BCUT2D eigenvalue weighted by Gasteiger charge is 2.04. The van der Waals surface area contributed by atoms with Crippen LogP contribution in [0.5, 0.6) is 5.75 Å². The summed E-state index contributed by atoms with van der Waals surface area (Å²) in [6.45, 7) is 1.35. The molecule has 1 rings (SSSR count). The molecule has 8 heteroatoms. The van der Waals surface area contributed by atoms with Gasteiger partial charge in [-0.15, -0.1) is 0 Å². The number of para-hydroxylation sites is 1. The second-order valence-electron chi connectivity index (χ2n) is 4.70. The molecule has 0 unspecified atom stereocenters. The Morgan fingerprint density at radius 1 is 0.760 bits per heavy atom. The Morgan fingerprint density at radius 3 is 1.84 bits per heavy atom. The van der Waals surface area contributed by atoms with Gasteiger partial charge in [-0.05, 0) is 12.1 Å². The number of ether oxygens (including phenoxy) is 6. The van der Waals surface area contributed by atoms with E-state index in [1.54, 1.807) is 12.1 Å². The summed E-state index contributed by atoms with van der Waals surface area (Å²) in [5, 5.41) is 0. The van der Waals surface area contributed by atoms with Crippen LogP contribution in [0.25, 0.3) is 0 Å². The first-order valence-corrected chi connectivity index (χ1v) is 7.86. The first-order valence-electron chi connectivity index (χ1n) is 7.86. The molecule has 0 aromatic heterocycles. The lowest BCUT2D eigenvalue weighted by Gasteiger charge is -2.08. The Balaban J connectivity index is 1.85. The average Bonchev–Trinajstić information content (AvgIpc) is 2.62. The molecule has 0 fully saturated rings. The Bertz CT molecular complexity index is 477. The van der Waals surface area contributed by atoms with Crippen LogP contribution in [0.15, 0.2) is 30.3 Å². The van der Waals surface area contributed by atoms with E-state index in [9.17, 15) is 9.59 Å². The van der Waals surface area contributed by atoms with Crippen LogP contribution in [0.3, 0.4) is 0 Å². The van der Waals surface area contributed by atoms with E-state index in [1.165, 1.54) is 7.11 Å². The summed E-state index contributed by atoms with van der Waals surface area (Å²) >= 11 is 0. The molecule has 1 aromatic carbocycles. The quantitative estimate of drug-likeness (QED) is 0.358. The van der Waals surface area contributed by atoms with E-state index in [-0.39, 0.29) is 39.6 Å². The van der Waals surface area contributed by atoms with Gasteiger partial charge in [0.05, 0.1) is 26.4 Å². The lowest BCUT2D eigenvalue weighted by molar-refractivity contribution is -0.150. The number of carbonyl (C=O) groups is 2. The average molecular weight is 356 g/mol. The zero-order chi connectivity index (χ0) is 18.2. The smallest absolute Gasteiger partial charge is 0.344 e. The minimum absolute atomic E-state index is 0.0712. The van der Waals surface area contributed by atoms with Crippen molar-refractivity contribution < 1.29 is 38.0 Å². The first kappa shape index (κ1) is 20.9. The molecule has 0 radical (unpaired) electrons. The third kappa shape index (κ3) is 11.9. The van der Waals surface area contributed by atoms with Gasteiger partial charge in [-0.2, -0.15) is 0 Å². The van der Waals surface area contributed by atoms with Crippen LogP contribution >= 0.6 is 0 Å². The lowest BCUT2D eigenvalue weighted by atomic mass is 10.3. The minimum Gasteiger partial charge on any atom is -0.482 e. The number of methoxy groups -OCH3 is 1. The van der Waals surface area contributed by atoms with Gasteiger partial charge < -0.3 is 28.4 Å². The van der Waals surface area contributed by atoms with Crippen molar-refractivity contribution in [2.45, 2.75) is 0 Å². The van der Waals surface area contributed by atoms with Gasteiger partial charge in [0, 0.05) is 7.11 Å². The fourth-order valence-corrected chi connectivity index (χ4v) is 1.61. The summed E-state index contributed by atoms with van der Waals surface area (Å²) in [5.74, 6) is -0.275. The van der Waals surface area contributed by atoms with Gasteiger partial charge in [0.1, 0.15) is 25.6 Å². The highest BCUT2D eigenvalue weighted by atomic mass is 16.6. The van der Waals surface area contributed by atoms with Gasteiger partial charge in [0.25, 0.3) is 0 Å². The highest BCUT2D eigenvalue weighted by molar-refractivity contribution is 5.71. The number of carbonyl (C=O) groups excluding carboxylic acids is 2. The SMILES string of the molecule is COCC(=O)OCCOCCOCCOC(=O)COc1ccccc1. The number of rotatable bonds is 14. The molecule has 1 aromatic rings. The molecule has 8 nitrogen and oxygen atoms in total. The van der Waals surface area contributed by atoms with Gasteiger partial charge in [-0.1, -0.05) is 18.2 Å². The third-order valence-corrected chi connectivity index (χ3v) is 2.72. The topological polar surface area (TPSA) is 89.5 Å². The molecule has 0 spiro atoms. The minimum atomic E-state index is -0.457. The Labute approximate surface area is 146 Å². The maximum Gasteiger partial charge on any atom is 0.344 e. The summed E-state index contributed by atoms with van der Waals surface area (Å²) in [6.07, 6.45) is 0. The second kappa shape index (κ2) is 14.2. The second-order valence-corrected chi connectivity index (χ2v) is 4.70. The zero-order valence-electron chi connectivity index (χ0n) is 14.3. The van der Waals surface area contributed by atoms with Crippen molar-refractivity contribution in [3.05, 3.63) is 30.3 Å². The highest BCUT2D eigenvalue weighted by Crippen LogP contribution is 2.07. The molecule has 0 aliphatic heterocycles. The van der Waals surface area contributed by atoms with E-state index >= 15 is 0 Å². The molecule has 0 atom stereocenters. The molecule has 0 aliphatic rings. The summed E-state index contributed by atoms with van der Waals surface area (Å²) in [7, 11) is 1.42. The summed E-state index contributed by atoms with van der Waals surface area (Å²) in [6, 6.07) is 9.02. The molecular formula is C17H24O8. The van der Waals surface area contributed by atoms with Crippen molar-refractivity contribution >= 4 is 11.9 Å². The molecule has 0 bridgehead atoms. The van der Waals surface area contributed by atoms with E-state index in [1.807, 2.05) is 18.2 Å². The van der Waals surface area contributed by atoms with Crippen LogP contribution in [-0.2, 0) is 33.3 Å². The Morgan fingerprint density at radius 2 is 1.28 bits per heavy atom. The molecule has 25 heavy (non-hydrogen) atoms. The number of benzene rings is 1. The summed E-state index contributed by atoms with van der Waals surface area (Å²) in [5.41, 5.74) is 0. The van der Waals surface area contributed by atoms with Crippen LogP contribution in [0.4, 0.5) is 0 Å². The van der Waals surface area contributed by atoms with Crippen molar-refractivity contribution in [3.8, 4) is 5.75 Å². The zero-order valence-corrected chi connectivity index (χ0v) is 14.3. The predicted octanol–water partition coefficient (Wildman–Crippen LogP) is 0.831. The van der Waals surface area contributed by atoms with Gasteiger partial charge in [0.2, 0.25) is 0 Å². The molecule has 0 N–H and O–H groups in total. The van der Waals surface area contributed by atoms with E-state index in [0.717, 1.165) is 0 Å². The summed E-state index contributed by atoms with van der Waals surface area (Å²) in [4.78, 5) is 22.4. The third-order valence-electron chi connectivity index (χ3n) is 2.72. The van der Waals surface area contributed by atoms with E-state index in [2.05, 4.69) is 4.74 Å². The standard InChI is InChI=1S/C17H24O8/c1-20-13-16(18)23-11-9-21-7-8-22-10-12-24-17(19)14-25-15-5-3-2-4-6-15/h2-6H,7-14H2,1H3. The van der Waals surface area contributed by atoms with Gasteiger partial charge in [-0.3, -0.25) is 0 Å². The normalized spacial score (nSPS) is 10.3. The number of hydrogen-bond donors (Lipinski definition) is 0. The molecule has 0 aliphatic carbocycles. The molecule has 0 saturated carbocycles. The Kier molecular flexibility index (Phi) is 11.9. The summed E-state index contributed by atoms with van der Waals surface area (Å²) < 4.78 is 30.1. The van der Waals surface area contributed by atoms with Crippen molar-refractivity contribution in [3.63, 3.8) is 0 Å². The monoisotopic (exact) mass is 356 g/mol. The van der Waals surface area contributed by atoms with Crippen molar-refractivity contribution in [2.24, 2.45) is 0 Å². The number of esters is 2. The van der Waals surface area contributed by atoms with Crippen LogP contribution in [0.2, 0.25) is 0 Å². The van der Waals surface area contributed by atoms with Gasteiger partial charge in [0.15, 0.2) is 6.61 Å². The van der Waals surface area contributed by atoms with Crippen molar-refractivity contribution in [1.29, 1.82) is 0 Å². The van der Waals surface area contributed by atoms with Gasteiger partial charge >= 0.3 is 11.9 Å². The molecular weight excluding hydrogens is 332 g/mol. The fraction of sp³-hybridized carbons (Fsp3) is 0.529. The van der Waals surface area contributed by atoms with Crippen LogP contribution in [0.1, 0.15) is 0 Å². The molecule has 140 valence electrons. The van der Waals surface area contributed by atoms with E-state index in [0.29, 0.717) is 19.0 Å². The maximum absolute atomic E-state index is 11.4. The first-order chi connectivity index (χ1) is 12.2. The fourth-order valence-electron chi connectivity index (χ4n) is 1.61. The molecule has 0 amide bonds. The predicted molar refractivity (Wildman–Crippen MR) is 87.4 cm³/mol. The molecule has 0 heterocycles. The Hall–Kier alpha value is -2.16. The van der Waals surface area contributed by atoms with Crippen molar-refractivity contribution in [1.82, 2.24) is 0 Å². The van der Waals surface area contributed by atoms with Gasteiger partial charge in [-0.25, -0.2) is 9.59 Å². The largest absolute Gasteiger partial charge is 0.482 e.